The molecule has 2 rings (SSSR count). The SMILES string of the molecule is CNC(CCN(C)C1CCS(=O)(=O)C1)c1ccc(C)cc1. The van der Waals surface area contributed by atoms with Crippen molar-refractivity contribution >= 4 is 9.84 Å². The molecule has 118 valence electrons. The van der Waals surface area contributed by atoms with Gasteiger partial charge in [0.15, 0.2) is 9.84 Å². The summed E-state index contributed by atoms with van der Waals surface area (Å²) in [5.74, 6) is 0.660. The summed E-state index contributed by atoms with van der Waals surface area (Å²) in [5.41, 5.74) is 2.55. The van der Waals surface area contributed by atoms with E-state index in [0.29, 0.717) is 17.5 Å². The quantitative estimate of drug-likeness (QED) is 0.870. The Morgan fingerprint density at radius 1 is 1.33 bits per heavy atom. The van der Waals surface area contributed by atoms with Crippen LogP contribution in [0.15, 0.2) is 24.3 Å². The Balaban J connectivity index is 1.90. The summed E-state index contributed by atoms with van der Waals surface area (Å²) in [4.78, 5) is 2.20. The van der Waals surface area contributed by atoms with Crippen LogP contribution < -0.4 is 5.32 Å². The van der Waals surface area contributed by atoms with Gasteiger partial charge in [0, 0.05) is 12.1 Å². The van der Waals surface area contributed by atoms with Gasteiger partial charge in [-0.2, -0.15) is 0 Å². The molecule has 1 aromatic carbocycles. The lowest BCUT2D eigenvalue weighted by atomic mass is 10.0. The van der Waals surface area contributed by atoms with Crippen LogP contribution >= 0.6 is 0 Å². The predicted octanol–water partition coefficient (Wildman–Crippen LogP) is 1.76. The molecule has 0 saturated carbocycles. The third kappa shape index (κ3) is 4.53. The molecule has 2 atom stereocenters. The Labute approximate surface area is 128 Å². The van der Waals surface area contributed by atoms with Crippen molar-refractivity contribution in [2.45, 2.75) is 31.8 Å². The molecule has 0 aromatic heterocycles. The van der Waals surface area contributed by atoms with Gasteiger partial charge in [-0.05, 0) is 46.0 Å². The smallest absolute Gasteiger partial charge is 0.151 e. The van der Waals surface area contributed by atoms with Crippen molar-refractivity contribution in [3.05, 3.63) is 35.4 Å². The van der Waals surface area contributed by atoms with Crippen LogP contribution in [0.5, 0.6) is 0 Å². The second-order valence-corrected chi connectivity index (χ2v) is 8.31. The number of aryl methyl sites for hydroxylation is 1. The van der Waals surface area contributed by atoms with E-state index >= 15 is 0 Å². The van der Waals surface area contributed by atoms with Gasteiger partial charge in [0.25, 0.3) is 0 Å². The maximum atomic E-state index is 11.6. The predicted molar refractivity (Wildman–Crippen MR) is 87.3 cm³/mol. The number of nitrogens with one attached hydrogen (secondary N) is 1. The highest BCUT2D eigenvalue weighted by atomic mass is 32.2. The van der Waals surface area contributed by atoms with Crippen LogP contribution in [0, 0.1) is 6.92 Å². The van der Waals surface area contributed by atoms with Crippen molar-refractivity contribution in [2.24, 2.45) is 0 Å². The van der Waals surface area contributed by atoms with Gasteiger partial charge in [0.05, 0.1) is 11.5 Å². The van der Waals surface area contributed by atoms with Crippen LogP contribution in [-0.2, 0) is 9.84 Å². The van der Waals surface area contributed by atoms with E-state index in [1.165, 1.54) is 11.1 Å². The van der Waals surface area contributed by atoms with Crippen molar-refractivity contribution in [3.63, 3.8) is 0 Å². The fraction of sp³-hybridized carbons (Fsp3) is 0.625. The summed E-state index contributed by atoms with van der Waals surface area (Å²) < 4.78 is 23.1. The van der Waals surface area contributed by atoms with E-state index in [0.717, 1.165) is 19.4 Å². The molecule has 0 spiro atoms. The zero-order valence-electron chi connectivity index (χ0n) is 13.2. The summed E-state index contributed by atoms with van der Waals surface area (Å²) in [5, 5.41) is 3.36. The van der Waals surface area contributed by atoms with Gasteiger partial charge in [0.2, 0.25) is 0 Å². The van der Waals surface area contributed by atoms with Crippen LogP contribution in [0.4, 0.5) is 0 Å². The molecule has 1 fully saturated rings. The third-order valence-corrected chi connectivity index (χ3v) is 6.18. The molecular formula is C16H26N2O2S. The highest BCUT2D eigenvalue weighted by Crippen LogP contribution is 2.20. The standard InChI is InChI=1S/C16H26N2O2S/c1-13-4-6-14(7-5-13)16(17-2)8-10-18(3)15-9-11-21(19,20)12-15/h4-7,15-17H,8-12H2,1-3H3. The van der Waals surface area contributed by atoms with E-state index in [4.69, 9.17) is 0 Å². The molecular weight excluding hydrogens is 284 g/mol. The van der Waals surface area contributed by atoms with Gasteiger partial charge >= 0.3 is 0 Å². The Morgan fingerprint density at radius 3 is 2.52 bits per heavy atom. The van der Waals surface area contributed by atoms with Crippen molar-refractivity contribution in [3.8, 4) is 0 Å². The second kappa shape index (κ2) is 6.90. The molecule has 1 aliphatic rings. The molecule has 0 aliphatic carbocycles. The molecule has 2 unspecified atom stereocenters. The Morgan fingerprint density at radius 2 is 2.00 bits per heavy atom. The van der Waals surface area contributed by atoms with E-state index in [9.17, 15) is 8.42 Å². The first kappa shape index (κ1) is 16.5. The van der Waals surface area contributed by atoms with E-state index in [1.54, 1.807) is 0 Å². The minimum absolute atomic E-state index is 0.186. The monoisotopic (exact) mass is 310 g/mol. The number of benzene rings is 1. The first-order chi connectivity index (χ1) is 9.91. The van der Waals surface area contributed by atoms with E-state index in [2.05, 4.69) is 41.4 Å². The van der Waals surface area contributed by atoms with Crippen LogP contribution in [0.3, 0.4) is 0 Å². The normalized spacial score (nSPS) is 22.6. The summed E-state index contributed by atoms with van der Waals surface area (Å²) in [6, 6.07) is 9.09. The van der Waals surface area contributed by atoms with Gasteiger partial charge in [-0.1, -0.05) is 29.8 Å². The Hall–Kier alpha value is -0.910. The number of sulfone groups is 1. The Bertz CT molecular complexity index is 554. The lowest BCUT2D eigenvalue weighted by Gasteiger charge is -2.26. The minimum Gasteiger partial charge on any atom is -0.313 e. The topological polar surface area (TPSA) is 49.4 Å². The number of rotatable bonds is 6. The fourth-order valence-corrected chi connectivity index (χ4v) is 4.72. The van der Waals surface area contributed by atoms with Crippen molar-refractivity contribution in [2.75, 3.05) is 32.1 Å². The molecule has 4 nitrogen and oxygen atoms in total. The minimum atomic E-state index is -2.80. The molecule has 0 amide bonds. The molecule has 5 heteroatoms. The van der Waals surface area contributed by atoms with Crippen LogP contribution in [0.2, 0.25) is 0 Å². The van der Waals surface area contributed by atoms with Crippen molar-refractivity contribution in [1.29, 1.82) is 0 Å². The van der Waals surface area contributed by atoms with Crippen LogP contribution in [0.1, 0.15) is 30.0 Å². The molecule has 21 heavy (non-hydrogen) atoms. The number of hydrogen-bond acceptors (Lipinski definition) is 4. The summed E-state index contributed by atoms with van der Waals surface area (Å²) in [6.07, 6.45) is 1.75. The Kier molecular flexibility index (Phi) is 5.41. The second-order valence-electron chi connectivity index (χ2n) is 6.08. The molecule has 1 aliphatic heterocycles. The number of nitrogens with zero attached hydrogens (tertiary/aromatic N) is 1. The molecule has 1 heterocycles. The van der Waals surface area contributed by atoms with E-state index in [-0.39, 0.29) is 6.04 Å². The first-order valence-corrected chi connectivity index (χ1v) is 9.38. The van der Waals surface area contributed by atoms with Crippen molar-refractivity contribution in [1.82, 2.24) is 10.2 Å². The molecule has 1 aromatic rings. The molecule has 0 radical (unpaired) electrons. The zero-order chi connectivity index (χ0) is 15.5. The molecule has 1 N–H and O–H groups in total. The highest BCUT2D eigenvalue weighted by Gasteiger charge is 2.30. The summed E-state index contributed by atoms with van der Waals surface area (Å²) in [7, 11) is 1.21. The largest absolute Gasteiger partial charge is 0.313 e. The third-order valence-electron chi connectivity index (χ3n) is 4.43. The van der Waals surface area contributed by atoms with Crippen molar-refractivity contribution < 1.29 is 8.42 Å². The first-order valence-electron chi connectivity index (χ1n) is 7.56. The maximum Gasteiger partial charge on any atom is 0.151 e. The van der Waals surface area contributed by atoms with Crippen LogP contribution in [0.25, 0.3) is 0 Å². The average Bonchev–Trinajstić information content (AvgIpc) is 2.81. The average molecular weight is 310 g/mol. The van der Waals surface area contributed by atoms with Gasteiger partial charge in [-0.25, -0.2) is 8.42 Å². The lowest BCUT2D eigenvalue weighted by molar-refractivity contribution is 0.248. The summed E-state index contributed by atoms with van der Waals surface area (Å²) in [6.45, 7) is 2.99. The molecule has 1 saturated heterocycles. The molecule has 0 bridgehead atoms. The fourth-order valence-electron chi connectivity index (χ4n) is 2.91. The zero-order valence-corrected chi connectivity index (χ0v) is 14.0. The lowest BCUT2D eigenvalue weighted by Crippen LogP contribution is -2.35. The van der Waals surface area contributed by atoms with Gasteiger partial charge < -0.3 is 10.2 Å². The summed E-state index contributed by atoms with van der Waals surface area (Å²) >= 11 is 0. The van der Waals surface area contributed by atoms with E-state index < -0.39 is 9.84 Å². The van der Waals surface area contributed by atoms with Gasteiger partial charge in [-0.3, -0.25) is 0 Å². The van der Waals surface area contributed by atoms with Gasteiger partial charge in [0.1, 0.15) is 0 Å². The van der Waals surface area contributed by atoms with Crippen LogP contribution in [-0.4, -0.2) is 51.5 Å². The highest BCUT2D eigenvalue weighted by molar-refractivity contribution is 7.91. The maximum absolute atomic E-state index is 11.6. The van der Waals surface area contributed by atoms with Gasteiger partial charge in [-0.15, -0.1) is 0 Å². The number of hydrogen-bond donors (Lipinski definition) is 1. The van der Waals surface area contributed by atoms with E-state index in [1.807, 2.05) is 14.1 Å².